The SMILES string of the molecule is O=C=N[C@@H]1CCC[C@@H]1Br. The maximum Gasteiger partial charge on any atom is 0.235 e. The summed E-state index contributed by atoms with van der Waals surface area (Å²) in [5.41, 5.74) is 0. The molecule has 0 radical (unpaired) electrons. The van der Waals surface area contributed by atoms with Crippen LogP contribution in [-0.4, -0.2) is 16.9 Å². The largest absolute Gasteiger partial charge is 0.235 e. The predicted octanol–water partition coefficient (Wildman–Crippen LogP) is 1.64. The van der Waals surface area contributed by atoms with Crippen LogP contribution in [-0.2, 0) is 4.79 Å². The molecular weight excluding hydrogens is 182 g/mol. The van der Waals surface area contributed by atoms with E-state index in [2.05, 4.69) is 20.9 Å². The molecule has 1 aliphatic carbocycles. The van der Waals surface area contributed by atoms with Gasteiger partial charge in [0.05, 0.1) is 6.04 Å². The molecule has 2 nitrogen and oxygen atoms in total. The highest BCUT2D eigenvalue weighted by molar-refractivity contribution is 9.09. The summed E-state index contributed by atoms with van der Waals surface area (Å²) >= 11 is 3.43. The van der Waals surface area contributed by atoms with E-state index in [9.17, 15) is 4.79 Å². The topological polar surface area (TPSA) is 29.4 Å². The van der Waals surface area contributed by atoms with E-state index in [0.29, 0.717) is 4.83 Å². The van der Waals surface area contributed by atoms with Crippen LogP contribution in [0.3, 0.4) is 0 Å². The minimum atomic E-state index is 0.197. The average molecular weight is 190 g/mol. The third-order valence-electron chi connectivity index (χ3n) is 1.62. The predicted molar refractivity (Wildman–Crippen MR) is 38.5 cm³/mol. The molecule has 0 amide bonds. The zero-order valence-electron chi connectivity index (χ0n) is 5.01. The van der Waals surface area contributed by atoms with E-state index in [4.69, 9.17) is 0 Å². The normalized spacial score (nSPS) is 33.9. The second-order valence-electron chi connectivity index (χ2n) is 2.23. The highest BCUT2D eigenvalue weighted by Gasteiger charge is 2.23. The number of hydrogen-bond acceptors (Lipinski definition) is 2. The number of alkyl halides is 1. The zero-order valence-corrected chi connectivity index (χ0v) is 6.60. The van der Waals surface area contributed by atoms with E-state index >= 15 is 0 Å². The van der Waals surface area contributed by atoms with Gasteiger partial charge in [-0.1, -0.05) is 22.4 Å². The van der Waals surface area contributed by atoms with Gasteiger partial charge >= 0.3 is 0 Å². The van der Waals surface area contributed by atoms with Crippen LogP contribution in [0.4, 0.5) is 0 Å². The van der Waals surface area contributed by atoms with Gasteiger partial charge in [-0.05, 0) is 12.8 Å². The molecule has 0 saturated heterocycles. The lowest BCUT2D eigenvalue weighted by Crippen LogP contribution is -2.08. The minimum Gasteiger partial charge on any atom is -0.211 e. The molecule has 2 atom stereocenters. The van der Waals surface area contributed by atoms with Crippen molar-refractivity contribution in [1.82, 2.24) is 0 Å². The Morgan fingerprint density at radius 2 is 2.33 bits per heavy atom. The van der Waals surface area contributed by atoms with Gasteiger partial charge in [0.2, 0.25) is 6.08 Å². The highest BCUT2D eigenvalue weighted by atomic mass is 79.9. The van der Waals surface area contributed by atoms with Crippen LogP contribution in [0.25, 0.3) is 0 Å². The summed E-state index contributed by atoms with van der Waals surface area (Å²) in [6.45, 7) is 0. The van der Waals surface area contributed by atoms with Gasteiger partial charge in [-0.15, -0.1) is 0 Å². The fourth-order valence-electron chi connectivity index (χ4n) is 1.11. The molecule has 1 saturated carbocycles. The monoisotopic (exact) mass is 189 g/mol. The lowest BCUT2D eigenvalue weighted by Gasteiger charge is -2.02. The Balaban J connectivity index is 2.49. The zero-order chi connectivity index (χ0) is 6.69. The summed E-state index contributed by atoms with van der Waals surface area (Å²) in [6, 6.07) is 0.197. The Hall–Kier alpha value is -0.140. The summed E-state index contributed by atoms with van der Waals surface area (Å²) in [7, 11) is 0. The molecule has 0 unspecified atom stereocenters. The van der Waals surface area contributed by atoms with E-state index in [1.807, 2.05) is 0 Å². The smallest absolute Gasteiger partial charge is 0.211 e. The molecule has 50 valence electrons. The van der Waals surface area contributed by atoms with Crippen molar-refractivity contribution in [2.75, 3.05) is 0 Å². The number of aliphatic imine (C=N–C) groups is 1. The first-order chi connectivity index (χ1) is 4.34. The van der Waals surface area contributed by atoms with Crippen LogP contribution in [0, 0.1) is 0 Å². The minimum absolute atomic E-state index is 0.197. The van der Waals surface area contributed by atoms with E-state index < -0.39 is 0 Å². The molecule has 0 aromatic rings. The third-order valence-corrected chi connectivity index (χ3v) is 2.68. The number of halogens is 1. The Labute approximate surface area is 62.5 Å². The summed E-state index contributed by atoms with van der Waals surface area (Å²) in [4.78, 5) is 13.9. The van der Waals surface area contributed by atoms with Crippen molar-refractivity contribution < 1.29 is 4.79 Å². The first-order valence-electron chi connectivity index (χ1n) is 3.05. The first-order valence-corrected chi connectivity index (χ1v) is 3.97. The molecule has 0 aromatic heterocycles. The lowest BCUT2D eigenvalue weighted by molar-refractivity contribution is 0.557. The molecule has 1 rings (SSSR count). The van der Waals surface area contributed by atoms with Crippen molar-refractivity contribution in [2.24, 2.45) is 4.99 Å². The quantitative estimate of drug-likeness (QED) is 0.351. The Kier molecular flexibility index (Phi) is 2.43. The van der Waals surface area contributed by atoms with Crippen LogP contribution in [0.1, 0.15) is 19.3 Å². The van der Waals surface area contributed by atoms with Gasteiger partial charge in [0.1, 0.15) is 0 Å². The van der Waals surface area contributed by atoms with Crippen LogP contribution in [0.2, 0.25) is 0 Å². The van der Waals surface area contributed by atoms with E-state index in [-0.39, 0.29) is 6.04 Å². The standard InChI is InChI=1S/C6H8BrNO/c7-5-2-1-3-6(5)8-4-9/h5-6H,1-3H2/t5-,6+/m0/s1. The van der Waals surface area contributed by atoms with Gasteiger partial charge in [-0.2, -0.15) is 0 Å². The second kappa shape index (κ2) is 3.14. The summed E-state index contributed by atoms with van der Waals surface area (Å²) in [5.74, 6) is 0. The molecule has 1 aliphatic rings. The van der Waals surface area contributed by atoms with E-state index in [1.54, 1.807) is 6.08 Å². The second-order valence-corrected chi connectivity index (χ2v) is 3.41. The Morgan fingerprint density at radius 3 is 2.78 bits per heavy atom. The lowest BCUT2D eigenvalue weighted by atomic mass is 10.3. The van der Waals surface area contributed by atoms with Crippen LogP contribution in [0.5, 0.6) is 0 Å². The molecular formula is C6H8BrNO. The molecule has 0 bridgehead atoms. The van der Waals surface area contributed by atoms with Crippen LogP contribution < -0.4 is 0 Å². The number of rotatable bonds is 1. The van der Waals surface area contributed by atoms with Crippen molar-refractivity contribution >= 4 is 22.0 Å². The maximum absolute atomic E-state index is 9.79. The molecule has 0 aliphatic heterocycles. The molecule has 0 N–H and O–H groups in total. The molecule has 3 heteroatoms. The van der Waals surface area contributed by atoms with Gasteiger partial charge in [-0.25, -0.2) is 9.79 Å². The fourth-order valence-corrected chi connectivity index (χ4v) is 1.81. The summed E-state index contributed by atoms with van der Waals surface area (Å²) in [6.07, 6.45) is 4.93. The number of hydrogen-bond donors (Lipinski definition) is 0. The fraction of sp³-hybridized carbons (Fsp3) is 0.833. The van der Waals surface area contributed by atoms with Gasteiger partial charge in [0, 0.05) is 4.83 Å². The number of isocyanates is 1. The third kappa shape index (κ3) is 1.63. The average Bonchev–Trinajstić information content (AvgIpc) is 2.18. The summed E-state index contributed by atoms with van der Waals surface area (Å²) < 4.78 is 0. The van der Waals surface area contributed by atoms with Crippen molar-refractivity contribution in [3.05, 3.63) is 0 Å². The Morgan fingerprint density at radius 1 is 1.56 bits per heavy atom. The molecule has 0 spiro atoms. The molecule has 9 heavy (non-hydrogen) atoms. The van der Waals surface area contributed by atoms with E-state index in [1.165, 1.54) is 6.42 Å². The summed E-state index contributed by atoms with van der Waals surface area (Å²) in [5, 5.41) is 0. The molecule has 0 heterocycles. The van der Waals surface area contributed by atoms with E-state index in [0.717, 1.165) is 12.8 Å². The van der Waals surface area contributed by atoms with Crippen LogP contribution >= 0.6 is 15.9 Å². The molecule has 1 fully saturated rings. The number of carbonyl (C=O) groups excluding carboxylic acids is 1. The van der Waals surface area contributed by atoms with Crippen molar-refractivity contribution in [2.45, 2.75) is 30.1 Å². The Bertz CT molecular complexity index is 142. The van der Waals surface area contributed by atoms with Crippen molar-refractivity contribution in [3.8, 4) is 0 Å². The van der Waals surface area contributed by atoms with Gasteiger partial charge < -0.3 is 0 Å². The van der Waals surface area contributed by atoms with Gasteiger partial charge in [0.25, 0.3) is 0 Å². The maximum atomic E-state index is 9.79. The first kappa shape index (κ1) is 6.97. The van der Waals surface area contributed by atoms with Crippen molar-refractivity contribution in [3.63, 3.8) is 0 Å². The van der Waals surface area contributed by atoms with Crippen molar-refractivity contribution in [1.29, 1.82) is 0 Å². The van der Waals surface area contributed by atoms with Gasteiger partial charge in [-0.3, -0.25) is 0 Å². The molecule has 0 aromatic carbocycles. The van der Waals surface area contributed by atoms with Gasteiger partial charge in [0.15, 0.2) is 0 Å². The highest BCUT2D eigenvalue weighted by Crippen LogP contribution is 2.27. The number of nitrogens with zero attached hydrogens (tertiary/aromatic N) is 1. The van der Waals surface area contributed by atoms with Crippen LogP contribution in [0.15, 0.2) is 4.99 Å².